The Bertz CT molecular complexity index is 1240. The Hall–Kier alpha value is -3.80. The largest absolute Gasteiger partial charge is 0.468 e. The molecule has 0 spiro atoms. The van der Waals surface area contributed by atoms with Crippen LogP contribution < -0.4 is 5.32 Å². The Balaban J connectivity index is 1.76. The highest BCUT2D eigenvalue weighted by Gasteiger charge is 2.40. The first kappa shape index (κ1) is 26.3. The van der Waals surface area contributed by atoms with Crippen LogP contribution in [0, 0.1) is 0 Å². The minimum Gasteiger partial charge on any atom is -0.468 e. The van der Waals surface area contributed by atoms with E-state index in [4.69, 9.17) is 4.74 Å². The van der Waals surface area contributed by atoms with Gasteiger partial charge in [-0.3, -0.25) is 14.9 Å². The molecule has 0 fully saturated rings. The van der Waals surface area contributed by atoms with Gasteiger partial charge < -0.3 is 4.74 Å². The van der Waals surface area contributed by atoms with Crippen LogP contribution in [0.25, 0.3) is 6.08 Å². The van der Waals surface area contributed by atoms with Crippen LogP contribution in [0.1, 0.15) is 28.7 Å². The van der Waals surface area contributed by atoms with E-state index >= 15 is 0 Å². The van der Waals surface area contributed by atoms with E-state index in [2.05, 4.69) is 21.2 Å². The highest BCUT2D eigenvalue weighted by Crippen LogP contribution is 2.37. The molecule has 4 aromatic carbocycles. The Morgan fingerprint density at radius 1 is 0.784 bits per heavy atom. The zero-order chi connectivity index (χ0) is 26.1. The smallest absolute Gasteiger partial charge is 0.323 e. The van der Waals surface area contributed by atoms with Crippen LogP contribution in [0.5, 0.6) is 0 Å². The first-order valence-electron chi connectivity index (χ1n) is 12.0. The number of ketones is 1. The van der Waals surface area contributed by atoms with Crippen molar-refractivity contribution < 1.29 is 14.3 Å². The van der Waals surface area contributed by atoms with Crippen LogP contribution in [-0.2, 0) is 19.9 Å². The number of carbonyl (C=O) groups excluding carboxylic acids is 2. The second-order valence-corrected chi connectivity index (χ2v) is 9.54. The Morgan fingerprint density at radius 3 is 1.68 bits per heavy atom. The van der Waals surface area contributed by atoms with Crippen molar-refractivity contribution in [3.05, 3.63) is 148 Å². The third-order valence-corrected chi connectivity index (χ3v) is 6.76. The molecule has 0 aliphatic heterocycles. The van der Waals surface area contributed by atoms with Crippen molar-refractivity contribution in [2.45, 2.75) is 18.0 Å². The Kier molecular flexibility index (Phi) is 8.83. The first-order chi connectivity index (χ1) is 18.0. The van der Waals surface area contributed by atoms with Gasteiger partial charge in [-0.25, -0.2) is 0 Å². The molecule has 4 aromatic rings. The normalized spacial score (nSPS) is 12.3. The lowest BCUT2D eigenvalue weighted by Gasteiger charge is -2.39. The average molecular weight is 554 g/mol. The molecule has 0 saturated heterocycles. The molecular weight excluding hydrogens is 526 g/mol. The van der Waals surface area contributed by atoms with Crippen LogP contribution in [0.15, 0.2) is 126 Å². The lowest BCUT2D eigenvalue weighted by molar-refractivity contribution is -0.144. The second-order valence-electron chi connectivity index (χ2n) is 8.62. The van der Waals surface area contributed by atoms with Gasteiger partial charge in [0.2, 0.25) is 0 Å². The van der Waals surface area contributed by atoms with Gasteiger partial charge in [-0.05, 0) is 40.5 Å². The highest BCUT2D eigenvalue weighted by atomic mass is 79.9. The topological polar surface area (TPSA) is 55.4 Å². The molecule has 1 atom stereocenters. The molecule has 1 N–H and O–H groups in total. The maximum Gasteiger partial charge on any atom is 0.323 e. The molecule has 0 aliphatic rings. The summed E-state index contributed by atoms with van der Waals surface area (Å²) in [6.07, 6.45) is 3.20. The number of methoxy groups -OCH3 is 1. The van der Waals surface area contributed by atoms with E-state index in [0.717, 1.165) is 26.7 Å². The van der Waals surface area contributed by atoms with E-state index in [9.17, 15) is 9.59 Å². The molecule has 0 saturated carbocycles. The fraction of sp³-hybridized carbons (Fsp3) is 0.125. The number of carbonyl (C=O) groups is 2. The van der Waals surface area contributed by atoms with Gasteiger partial charge in [0.1, 0.15) is 6.04 Å². The molecule has 0 unspecified atom stereocenters. The van der Waals surface area contributed by atoms with Crippen LogP contribution in [-0.4, -0.2) is 24.9 Å². The van der Waals surface area contributed by atoms with Crippen molar-refractivity contribution in [3.63, 3.8) is 0 Å². The SMILES string of the molecule is COC(=O)[C@H](CC(=O)/C=C/c1ccc(Br)cc1)NC(c1ccccc1)(c1ccccc1)c1ccccc1. The Labute approximate surface area is 226 Å². The number of hydrogen-bond donors (Lipinski definition) is 1. The molecule has 4 nitrogen and oxygen atoms in total. The van der Waals surface area contributed by atoms with Crippen molar-refractivity contribution in [1.29, 1.82) is 0 Å². The van der Waals surface area contributed by atoms with Gasteiger partial charge in [0.25, 0.3) is 0 Å². The van der Waals surface area contributed by atoms with Crippen molar-refractivity contribution in [2.24, 2.45) is 0 Å². The van der Waals surface area contributed by atoms with Gasteiger partial charge in [-0.1, -0.05) is 125 Å². The lowest BCUT2D eigenvalue weighted by atomic mass is 9.76. The average Bonchev–Trinajstić information content (AvgIpc) is 2.96. The lowest BCUT2D eigenvalue weighted by Crippen LogP contribution is -2.53. The number of esters is 1. The summed E-state index contributed by atoms with van der Waals surface area (Å²) < 4.78 is 6.12. The van der Waals surface area contributed by atoms with Crippen molar-refractivity contribution in [3.8, 4) is 0 Å². The van der Waals surface area contributed by atoms with E-state index in [1.807, 2.05) is 115 Å². The predicted molar refractivity (Wildman–Crippen MR) is 151 cm³/mol. The zero-order valence-corrected chi connectivity index (χ0v) is 22.1. The number of benzene rings is 4. The first-order valence-corrected chi connectivity index (χ1v) is 12.8. The number of rotatable bonds is 10. The summed E-state index contributed by atoms with van der Waals surface area (Å²) in [5.74, 6) is -0.688. The van der Waals surface area contributed by atoms with E-state index in [-0.39, 0.29) is 12.2 Å². The number of ether oxygens (including phenoxy) is 1. The minimum atomic E-state index is -0.904. The summed E-state index contributed by atoms with van der Waals surface area (Å²) in [6, 6.07) is 36.6. The van der Waals surface area contributed by atoms with Gasteiger partial charge >= 0.3 is 5.97 Å². The molecule has 0 amide bonds. The van der Waals surface area contributed by atoms with Gasteiger partial charge in [0.15, 0.2) is 5.78 Å². The fourth-order valence-corrected chi connectivity index (χ4v) is 4.71. The van der Waals surface area contributed by atoms with Crippen LogP contribution in [0.2, 0.25) is 0 Å². The monoisotopic (exact) mass is 553 g/mol. The molecule has 0 bridgehead atoms. The molecule has 0 radical (unpaired) electrons. The fourth-order valence-electron chi connectivity index (χ4n) is 4.44. The van der Waals surface area contributed by atoms with Crippen molar-refractivity contribution >= 4 is 33.8 Å². The van der Waals surface area contributed by atoms with E-state index < -0.39 is 17.6 Å². The van der Waals surface area contributed by atoms with E-state index in [1.54, 1.807) is 6.08 Å². The molecule has 0 aromatic heterocycles. The van der Waals surface area contributed by atoms with Crippen LogP contribution in [0.3, 0.4) is 0 Å². The number of hydrogen-bond acceptors (Lipinski definition) is 4. The highest BCUT2D eigenvalue weighted by molar-refractivity contribution is 9.10. The third-order valence-electron chi connectivity index (χ3n) is 6.23. The molecule has 186 valence electrons. The third kappa shape index (κ3) is 6.31. The zero-order valence-electron chi connectivity index (χ0n) is 20.5. The summed E-state index contributed by atoms with van der Waals surface area (Å²) in [4.78, 5) is 26.1. The quantitative estimate of drug-likeness (QED) is 0.137. The summed E-state index contributed by atoms with van der Waals surface area (Å²) in [6.45, 7) is 0. The number of halogens is 1. The maximum atomic E-state index is 13.1. The van der Waals surface area contributed by atoms with Gasteiger partial charge in [0, 0.05) is 10.9 Å². The molecule has 5 heteroatoms. The molecular formula is C32H28BrNO3. The molecule has 4 rings (SSSR count). The molecule has 0 heterocycles. The number of allylic oxidation sites excluding steroid dienone is 1. The molecule has 37 heavy (non-hydrogen) atoms. The minimum absolute atomic E-state index is 0.0616. The summed E-state index contributed by atoms with van der Waals surface area (Å²) in [5.41, 5.74) is 2.82. The van der Waals surface area contributed by atoms with Crippen molar-refractivity contribution in [1.82, 2.24) is 5.32 Å². The Morgan fingerprint density at radius 2 is 1.24 bits per heavy atom. The van der Waals surface area contributed by atoms with Crippen LogP contribution >= 0.6 is 15.9 Å². The molecule has 0 aliphatic carbocycles. The summed E-state index contributed by atoms with van der Waals surface area (Å²) >= 11 is 3.42. The van der Waals surface area contributed by atoms with E-state index in [1.165, 1.54) is 13.2 Å². The van der Waals surface area contributed by atoms with Gasteiger partial charge in [-0.2, -0.15) is 0 Å². The van der Waals surface area contributed by atoms with Gasteiger partial charge in [0.05, 0.1) is 12.6 Å². The standard InChI is InChI=1S/C32H28BrNO3/c1-37-31(36)30(23-29(35)22-19-24-17-20-28(33)21-18-24)34-32(25-11-5-2-6-12-25,26-13-7-3-8-14-26)27-15-9-4-10-16-27/h2-22,30,34H,23H2,1H3/b22-19+/t30-/m0/s1. The summed E-state index contributed by atoms with van der Waals surface area (Å²) in [7, 11) is 1.34. The van der Waals surface area contributed by atoms with Crippen LogP contribution in [0.4, 0.5) is 0 Å². The number of nitrogens with one attached hydrogen (secondary N) is 1. The van der Waals surface area contributed by atoms with E-state index in [0.29, 0.717) is 0 Å². The second kappa shape index (κ2) is 12.4. The summed E-state index contributed by atoms with van der Waals surface area (Å²) in [5, 5.41) is 3.57. The van der Waals surface area contributed by atoms with Gasteiger partial charge in [-0.15, -0.1) is 0 Å². The van der Waals surface area contributed by atoms with Crippen molar-refractivity contribution in [2.75, 3.05) is 7.11 Å². The predicted octanol–water partition coefficient (Wildman–Crippen LogP) is 6.54. The maximum absolute atomic E-state index is 13.1.